The summed E-state index contributed by atoms with van der Waals surface area (Å²) < 4.78 is 1.25. The molecule has 1 unspecified atom stereocenters. The molecule has 0 aliphatic carbocycles. The highest BCUT2D eigenvalue weighted by molar-refractivity contribution is 7.18. The second-order valence-electron chi connectivity index (χ2n) is 5.09. The van der Waals surface area contributed by atoms with Crippen LogP contribution in [0.5, 0.6) is 0 Å². The molecular formula is C14H18ClNS. The van der Waals surface area contributed by atoms with Gasteiger partial charge in [-0.15, -0.1) is 22.9 Å². The molecule has 0 fully saturated rings. The minimum Gasteiger partial charge on any atom is -0.241 e. The van der Waals surface area contributed by atoms with Crippen molar-refractivity contribution in [2.45, 2.75) is 39.0 Å². The third-order valence-electron chi connectivity index (χ3n) is 3.45. The molecule has 17 heavy (non-hydrogen) atoms. The number of hydrogen-bond donors (Lipinski definition) is 0. The zero-order chi connectivity index (χ0) is 12.5. The van der Waals surface area contributed by atoms with Crippen molar-refractivity contribution in [2.75, 3.05) is 0 Å². The van der Waals surface area contributed by atoms with Crippen LogP contribution in [-0.2, 0) is 6.42 Å². The van der Waals surface area contributed by atoms with Crippen LogP contribution in [0.2, 0.25) is 0 Å². The van der Waals surface area contributed by atoms with Gasteiger partial charge < -0.3 is 0 Å². The maximum atomic E-state index is 6.50. The molecule has 1 aromatic heterocycles. The van der Waals surface area contributed by atoms with E-state index < -0.39 is 0 Å². The van der Waals surface area contributed by atoms with E-state index in [1.54, 1.807) is 11.3 Å². The lowest BCUT2D eigenvalue weighted by atomic mass is 9.85. The van der Waals surface area contributed by atoms with Crippen molar-refractivity contribution in [2.24, 2.45) is 5.41 Å². The number of halogens is 1. The van der Waals surface area contributed by atoms with E-state index in [0.29, 0.717) is 0 Å². The van der Waals surface area contributed by atoms with E-state index in [4.69, 9.17) is 11.6 Å². The normalized spacial score (nSPS) is 14.1. The molecule has 0 amide bonds. The number of thiazole rings is 1. The Labute approximate surface area is 112 Å². The van der Waals surface area contributed by atoms with Gasteiger partial charge in [0.25, 0.3) is 0 Å². The third-order valence-corrected chi connectivity index (χ3v) is 5.25. The lowest BCUT2D eigenvalue weighted by molar-refractivity contribution is 0.330. The molecule has 0 spiro atoms. The molecule has 0 saturated carbocycles. The fraction of sp³-hybridized carbons (Fsp3) is 0.500. The van der Waals surface area contributed by atoms with Crippen molar-refractivity contribution < 1.29 is 0 Å². The average molecular weight is 268 g/mol. The molecule has 0 bridgehead atoms. The van der Waals surface area contributed by atoms with Gasteiger partial charge in [0, 0.05) is 11.8 Å². The molecule has 1 aromatic carbocycles. The van der Waals surface area contributed by atoms with Gasteiger partial charge in [-0.3, -0.25) is 0 Å². The summed E-state index contributed by atoms with van der Waals surface area (Å²) in [5, 5.41) is 1.29. The first-order valence-corrected chi connectivity index (χ1v) is 7.27. The largest absolute Gasteiger partial charge is 0.241 e. The van der Waals surface area contributed by atoms with Gasteiger partial charge in [-0.1, -0.05) is 32.9 Å². The Kier molecular flexibility index (Phi) is 3.74. The van der Waals surface area contributed by atoms with Gasteiger partial charge in [0.1, 0.15) is 0 Å². The second kappa shape index (κ2) is 4.95. The molecule has 0 aliphatic rings. The first-order valence-electron chi connectivity index (χ1n) is 6.01. The summed E-state index contributed by atoms with van der Waals surface area (Å²) in [5.74, 6) is 0. The number of para-hydroxylation sites is 1. The van der Waals surface area contributed by atoms with Crippen LogP contribution >= 0.6 is 22.9 Å². The lowest BCUT2D eigenvalue weighted by Gasteiger charge is -2.27. The molecule has 2 rings (SSSR count). The quantitative estimate of drug-likeness (QED) is 0.720. The molecule has 0 aliphatic heterocycles. The highest BCUT2D eigenvalue weighted by Crippen LogP contribution is 2.33. The van der Waals surface area contributed by atoms with E-state index in [0.717, 1.165) is 23.4 Å². The van der Waals surface area contributed by atoms with Gasteiger partial charge in [0.2, 0.25) is 0 Å². The Morgan fingerprint density at radius 2 is 2.06 bits per heavy atom. The Bertz CT molecular complexity index is 471. The number of alkyl halides is 1. The Morgan fingerprint density at radius 3 is 2.71 bits per heavy atom. The molecule has 0 saturated heterocycles. The standard InChI is InChI=1S/C14H18ClNS/c1-4-14(2,3)12(15)9-13-16-10-7-5-6-8-11(10)17-13/h5-8,12H,4,9H2,1-3H3. The minimum atomic E-state index is 0.146. The SMILES string of the molecule is CCC(C)(C)C(Cl)Cc1nc2ccccc2s1. The van der Waals surface area contributed by atoms with Gasteiger partial charge in [0.05, 0.1) is 15.2 Å². The second-order valence-corrected chi connectivity index (χ2v) is 6.73. The van der Waals surface area contributed by atoms with Crippen LogP contribution in [0.25, 0.3) is 10.2 Å². The van der Waals surface area contributed by atoms with E-state index in [1.807, 2.05) is 6.07 Å². The number of hydrogen-bond acceptors (Lipinski definition) is 2. The first-order chi connectivity index (χ1) is 8.03. The molecule has 0 N–H and O–H groups in total. The summed E-state index contributed by atoms with van der Waals surface area (Å²) in [5.41, 5.74) is 1.25. The summed E-state index contributed by atoms with van der Waals surface area (Å²) in [6.07, 6.45) is 1.95. The molecular weight excluding hydrogens is 250 g/mol. The van der Waals surface area contributed by atoms with Crippen molar-refractivity contribution >= 4 is 33.2 Å². The maximum absolute atomic E-state index is 6.50. The first kappa shape index (κ1) is 12.8. The number of fused-ring (bicyclic) bond motifs is 1. The number of benzene rings is 1. The Hall–Kier alpha value is -0.600. The topological polar surface area (TPSA) is 12.9 Å². The highest BCUT2D eigenvalue weighted by Gasteiger charge is 2.26. The van der Waals surface area contributed by atoms with Crippen LogP contribution in [0.3, 0.4) is 0 Å². The van der Waals surface area contributed by atoms with Gasteiger partial charge in [-0.05, 0) is 24.0 Å². The molecule has 1 nitrogen and oxygen atoms in total. The average Bonchev–Trinajstić information content (AvgIpc) is 2.70. The van der Waals surface area contributed by atoms with Crippen molar-refractivity contribution in [3.8, 4) is 0 Å². The van der Waals surface area contributed by atoms with E-state index in [1.165, 1.54) is 4.70 Å². The lowest BCUT2D eigenvalue weighted by Crippen LogP contribution is -2.25. The minimum absolute atomic E-state index is 0.146. The molecule has 1 heterocycles. The van der Waals surface area contributed by atoms with Crippen molar-refractivity contribution in [1.82, 2.24) is 4.98 Å². The molecule has 3 heteroatoms. The monoisotopic (exact) mass is 267 g/mol. The maximum Gasteiger partial charge on any atom is 0.0953 e. The van der Waals surface area contributed by atoms with Crippen molar-refractivity contribution in [3.05, 3.63) is 29.3 Å². The molecule has 0 radical (unpaired) electrons. The smallest absolute Gasteiger partial charge is 0.0953 e. The number of rotatable bonds is 4. The van der Waals surface area contributed by atoms with Crippen molar-refractivity contribution in [1.29, 1.82) is 0 Å². The van der Waals surface area contributed by atoms with Crippen LogP contribution in [0, 0.1) is 5.41 Å². The number of nitrogens with zero attached hydrogens (tertiary/aromatic N) is 1. The molecule has 92 valence electrons. The van der Waals surface area contributed by atoms with Gasteiger partial charge in [-0.25, -0.2) is 4.98 Å². The molecule has 2 aromatic rings. The predicted molar refractivity (Wildman–Crippen MR) is 77.0 cm³/mol. The van der Waals surface area contributed by atoms with E-state index in [2.05, 4.69) is 44.0 Å². The molecule has 1 atom stereocenters. The third kappa shape index (κ3) is 2.80. The predicted octanol–water partition coefficient (Wildman–Crippen LogP) is 4.88. The summed E-state index contributed by atoms with van der Waals surface area (Å²) in [7, 11) is 0. The Morgan fingerprint density at radius 1 is 1.35 bits per heavy atom. The zero-order valence-corrected chi connectivity index (χ0v) is 12.1. The van der Waals surface area contributed by atoms with Crippen LogP contribution in [-0.4, -0.2) is 10.4 Å². The fourth-order valence-electron chi connectivity index (χ4n) is 1.66. The van der Waals surface area contributed by atoms with E-state index in [9.17, 15) is 0 Å². The number of aromatic nitrogens is 1. The summed E-state index contributed by atoms with van der Waals surface area (Å²) in [6.45, 7) is 6.63. The highest BCUT2D eigenvalue weighted by atomic mass is 35.5. The van der Waals surface area contributed by atoms with Gasteiger partial charge in [0.15, 0.2) is 0 Å². The van der Waals surface area contributed by atoms with Crippen LogP contribution in [0.4, 0.5) is 0 Å². The van der Waals surface area contributed by atoms with Crippen LogP contribution < -0.4 is 0 Å². The van der Waals surface area contributed by atoms with E-state index in [-0.39, 0.29) is 10.8 Å². The summed E-state index contributed by atoms with van der Waals surface area (Å²) >= 11 is 8.26. The summed E-state index contributed by atoms with van der Waals surface area (Å²) in [4.78, 5) is 4.63. The van der Waals surface area contributed by atoms with Gasteiger partial charge >= 0.3 is 0 Å². The summed E-state index contributed by atoms with van der Waals surface area (Å²) in [6, 6.07) is 8.26. The zero-order valence-electron chi connectivity index (χ0n) is 10.5. The Balaban J connectivity index is 2.18. The fourth-order valence-corrected chi connectivity index (χ4v) is 3.06. The van der Waals surface area contributed by atoms with Crippen LogP contribution in [0.15, 0.2) is 24.3 Å². The van der Waals surface area contributed by atoms with E-state index >= 15 is 0 Å². The van der Waals surface area contributed by atoms with Crippen molar-refractivity contribution in [3.63, 3.8) is 0 Å². The van der Waals surface area contributed by atoms with Crippen LogP contribution in [0.1, 0.15) is 32.2 Å². The van der Waals surface area contributed by atoms with Gasteiger partial charge in [-0.2, -0.15) is 0 Å².